The lowest BCUT2D eigenvalue weighted by molar-refractivity contribution is -0.202. The summed E-state index contributed by atoms with van der Waals surface area (Å²) < 4.78 is 11.5. The zero-order chi connectivity index (χ0) is 28.1. The van der Waals surface area contributed by atoms with Crippen LogP contribution in [0.2, 0.25) is 0 Å². The van der Waals surface area contributed by atoms with E-state index >= 15 is 0 Å². The first-order valence-corrected chi connectivity index (χ1v) is 13.1. The van der Waals surface area contributed by atoms with Crippen LogP contribution in [0.15, 0.2) is 46.6 Å². The van der Waals surface area contributed by atoms with Gasteiger partial charge in [0, 0.05) is 22.6 Å². The molecule has 7 heteroatoms. The molecular weight excluding hydrogens is 472 g/mol. The van der Waals surface area contributed by atoms with Crippen LogP contribution in [0.4, 0.5) is 0 Å². The van der Waals surface area contributed by atoms with Crippen molar-refractivity contribution in [2.45, 2.75) is 86.5 Å². The normalized spacial score (nSPS) is 37.6. The summed E-state index contributed by atoms with van der Waals surface area (Å²) in [5.74, 6) is -2.39. The summed E-state index contributed by atoms with van der Waals surface area (Å²) in [5, 5.41) is 24.1. The van der Waals surface area contributed by atoms with E-state index in [2.05, 4.69) is 6.92 Å². The van der Waals surface area contributed by atoms with Crippen LogP contribution in [0.3, 0.4) is 0 Å². The van der Waals surface area contributed by atoms with E-state index < -0.39 is 46.5 Å². The van der Waals surface area contributed by atoms with Gasteiger partial charge in [-0.05, 0) is 63.9 Å². The predicted molar refractivity (Wildman–Crippen MR) is 140 cm³/mol. The van der Waals surface area contributed by atoms with Gasteiger partial charge in [-0.15, -0.1) is 0 Å². The lowest BCUT2D eigenvalue weighted by Gasteiger charge is -2.48. The van der Waals surface area contributed by atoms with Crippen molar-refractivity contribution in [1.29, 1.82) is 0 Å². The quantitative estimate of drug-likeness (QED) is 0.321. The van der Waals surface area contributed by atoms with Crippen LogP contribution in [0, 0.1) is 28.6 Å². The van der Waals surface area contributed by atoms with E-state index in [1.54, 1.807) is 58.9 Å². The highest BCUT2D eigenvalue weighted by Crippen LogP contribution is 2.62. The third kappa shape index (κ3) is 4.24. The number of carbonyl (C=O) groups is 3. The second-order valence-electron chi connectivity index (χ2n) is 11.7. The van der Waals surface area contributed by atoms with Crippen LogP contribution in [0.5, 0.6) is 0 Å². The Morgan fingerprint density at radius 2 is 1.65 bits per heavy atom. The van der Waals surface area contributed by atoms with Gasteiger partial charge in [0.25, 0.3) is 0 Å². The minimum atomic E-state index is -2.18. The van der Waals surface area contributed by atoms with E-state index in [9.17, 15) is 24.6 Å². The Balaban J connectivity index is 2.32. The SMILES string of the molecule is C/C=C(/C)C(=O)OCC1=C[C@@H]2C(=O)C3(C=C(C)[C@H](O)[C@@]3(O)[C@@H]1OC(=O)/C(C)=C\C)C(C)C[C@H](C)C2(C)C. The zero-order valence-electron chi connectivity index (χ0n) is 23.5. The number of ether oxygens (including phenoxy) is 2. The number of aliphatic hydroxyl groups is 2. The molecule has 2 unspecified atom stereocenters. The van der Waals surface area contributed by atoms with Crippen LogP contribution in [-0.2, 0) is 23.9 Å². The number of aliphatic hydroxyl groups excluding tert-OH is 1. The largest absolute Gasteiger partial charge is 0.458 e. The van der Waals surface area contributed by atoms with Crippen molar-refractivity contribution in [1.82, 2.24) is 0 Å². The molecule has 0 radical (unpaired) electrons. The smallest absolute Gasteiger partial charge is 0.334 e. The summed E-state index contributed by atoms with van der Waals surface area (Å²) >= 11 is 0. The van der Waals surface area contributed by atoms with Crippen molar-refractivity contribution < 1.29 is 34.1 Å². The number of hydrogen-bond acceptors (Lipinski definition) is 7. The monoisotopic (exact) mass is 514 g/mol. The fourth-order valence-corrected chi connectivity index (χ4v) is 6.32. The molecule has 37 heavy (non-hydrogen) atoms. The summed E-state index contributed by atoms with van der Waals surface area (Å²) in [6, 6.07) is 0. The molecule has 0 aliphatic heterocycles. The Bertz CT molecular complexity index is 1110. The fourth-order valence-electron chi connectivity index (χ4n) is 6.32. The van der Waals surface area contributed by atoms with E-state index in [4.69, 9.17) is 9.47 Å². The molecule has 0 aromatic rings. The highest BCUT2D eigenvalue weighted by atomic mass is 16.6. The highest BCUT2D eigenvalue weighted by Gasteiger charge is 2.73. The number of Topliss-reactive ketones (excluding diaryl/α,β-unsaturated/α-hetero) is 1. The molecule has 7 atom stereocenters. The Labute approximate surface area is 220 Å². The minimum absolute atomic E-state index is 0.0983. The third-order valence-electron chi connectivity index (χ3n) is 9.43. The first-order valence-electron chi connectivity index (χ1n) is 13.1. The molecule has 3 aliphatic carbocycles. The van der Waals surface area contributed by atoms with Gasteiger partial charge in [0.15, 0.2) is 17.5 Å². The average molecular weight is 515 g/mol. The van der Waals surface area contributed by atoms with E-state index in [0.717, 1.165) is 0 Å². The van der Waals surface area contributed by atoms with E-state index in [0.29, 0.717) is 23.1 Å². The summed E-state index contributed by atoms with van der Waals surface area (Å²) in [7, 11) is 0. The first-order chi connectivity index (χ1) is 17.1. The molecule has 0 aromatic carbocycles. The molecule has 0 saturated heterocycles. The standard InChI is InChI=1S/C30H42O7/c1-10-16(3)26(33)36-15-21-13-22-24(32)29(20(7)12-19(6)28(22,8)9)14-18(5)23(31)30(29,35)25(21)37-27(34)17(4)11-2/h10-11,13-14,19-20,22-23,25,31,35H,12,15H2,1-9H3/b16-10-,17-11-/t19-,20?,22+,23-,25+,29?,30+/m0/s1. The summed E-state index contributed by atoms with van der Waals surface area (Å²) in [4.78, 5) is 40.2. The van der Waals surface area contributed by atoms with Crippen molar-refractivity contribution in [3.05, 3.63) is 46.6 Å². The molecule has 204 valence electrons. The fraction of sp³-hybridized carbons (Fsp3) is 0.633. The van der Waals surface area contributed by atoms with Crippen molar-refractivity contribution in [2.75, 3.05) is 6.61 Å². The van der Waals surface area contributed by atoms with Crippen molar-refractivity contribution in [3.63, 3.8) is 0 Å². The van der Waals surface area contributed by atoms with Crippen LogP contribution < -0.4 is 0 Å². The highest BCUT2D eigenvalue weighted by molar-refractivity contribution is 5.96. The van der Waals surface area contributed by atoms with Gasteiger partial charge in [0.05, 0.1) is 5.41 Å². The topological polar surface area (TPSA) is 110 Å². The van der Waals surface area contributed by atoms with Gasteiger partial charge >= 0.3 is 11.9 Å². The molecule has 2 N–H and O–H groups in total. The summed E-state index contributed by atoms with van der Waals surface area (Å²) in [6.07, 6.45) is 4.37. The summed E-state index contributed by atoms with van der Waals surface area (Å²) in [6.45, 7) is 16.1. The van der Waals surface area contributed by atoms with Crippen molar-refractivity contribution in [3.8, 4) is 0 Å². The number of rotatable bonds is 5. The molecule has 3 aliphatic rings. The number of carbonyl (C=O) groups excluding carboxylic acids is 3. The molecule has 1 saturated carbocycles. The minimum Gasteiger partial charge on any atom is -0.458 e. The number of allylic oxidation sites excluding steroid dienone is 3. The van der Waals surface area contributed by atoms with E-state index in [1.807, 2.05) is 20.8 Å². The number of hydrogen-bond donors (Lipinski definition) is 2. The van der Waals surface area contributed by atoms with Gasteiger partial charge < -0.3 is 19.7 Å². The molecule has 3 rings (SSSR count). The van der Waals surface area contributed by atoms with Crippen molar-refractivity contribution >= 4 is 17.7 Å². The number of esters is 2. The summed E-state index contributed by atoms with van der Waals surface area (Å²) in [5.41, 5.74) is -2.75. The van der Waals surface area contributed by atoms with Gasteiger partial charge in [-0.3, -0.25) is 4.79 Å². The maximum absolute atomic E-state index is 14.5. The Kier molecular flexibility index (Phi) is 7.84. The molecule has 0 heterocycles. The van der Waals surface area contributed by atoms with Crippen LogP contribution in [0.1, 0.15) is 68.7 Å². The Morgan fingerprint density at radius 3 is 2.22 bits per heavy atom. The number of ketones is 1. The Morgan fingerprint density at radius 1 is 1.08 bits per heavy atom. The maximum Gasteiger partial charge on any atom is 0.334 e. The first kappa shape index (κ1) is 29.1. The molecule has 0 amide bonds. The Hall–Kier alpha value is -2.51. The second-order valence-corrected chi connectivity index (χ2v) is 11.7. The van der Waals surface area contributed by atoms with Gasteiger partial charge in [0.2, 0.25) is 0 Å². The predicted octanol–water partition coefficient (Wildman–Crippen LogP) is 4.24. The van der Waals surface area contributed by atoms with Crippen LogP contribution in [-0.4, -0.2) is 52.4 Å². The van der Waals surface area contributed by atoms with E-state index in [1.165, 1.54) is 0 Å². The van der Waals surface area contributed by atoms with Crippen molar-refractivity contribution in [2.24, 2.45) is 28.6 Å². The van der Waals surface area contributed by atoms with Gasteiger partial charge in [-0.2, -0.15) is 0 Å². The van der Waals surface area contributed by atoms with Gasteiger partial charge in [-0.1, -0.05) is 52.0 Å². The van der Waals surface area contributed by atoms with Crippen LogP contribution in [0.25, 0.3) is 0 Å². The molecule has 7 nitrogen and oxygen atoms in total. The third-order valence-corrected chi connectivity index (χ3v) is 9.43. The molecular formula is C30H42O7. The second kappa shape index (κ2) is 9.99. The molecule has 2 bridgehead atoms. The molecule has 1 fully saturated rings. The van der Waals surface area contributed by atoms with E-state index in [-0.39, 0.29) is 29.8 Å². The maximum atomic E-state index is 14.5. The molecule has 0 aromatic heterocycles. The zero-order valence-corrected chi connectivity index (χ0v) is 23.5. The molecule has 1 spiro atoms. The van der Waals surface area contributed by atoms with Crippen LogP contribution >= 0.6 is 0 Å². The lowest BCUT2D eigenvalue weighted by atomic mass is 9.59. The van der Waals surface area contributed by atoms with Gasteiger partial charge in [0.1, 0.15) is 12.7 Å². The average Bonchev–Trinajstić information content (AvgIpc) is 2.99. The number of fused-ring (bicyclic) bond motifs is 1. The lowest BCUT2D eigenvalue weighted by Crippen LogP contribution is -2.66. The van der Waals surface area contributed by atoms with Gasteiger partial charge in [-0.25, -0.2) is 9.59 Å².